The maximum atomic E-state index is 14.2. The summed E-state index contributed by atoms with van der Waals surface area (Å²) in [4.78, 5) is 14.2. The van der Waals surface area contributed by atoms with Crippen LogP contribution in [0.15, 0.2) is 60.7 Å². The van der Waals surface area contributed by atoms with E-state index in [0.717, 1.165) is 21.9 Å². The summed E-state index contributed by atoms with van der Waals surface area (Å²) in [6.07, 6.45) is -0.892. The number of Topliss-reactive ketones (excluding diaryl/α,β-unsaturated/α-hetero) is 1. The van der Waals surface area contributed by atoms with Gasteiger partial charge in [0.05, 0.1) is 48.6 Å². The lowest BCUT2D eigenvalue weighted by molar-refractivity contribution is 0.0805. The zero-order valence-electron chi connectivity index (χ0n) is 22.7. The fourth-order valence-corrected chi connectivity index (χ4v) is 5.27. The summed E-state index contributed by atoms with van der Waals surface area (Å²) in [6, 6.07) is 18.9. The van der Waals surface area contributed by atoms with Gasteiger partial charge < -0.3 is 33.2 Å². The summed E-state index contributed by atoms with van der Waals surface area (Å²) in [5.41, 5.74) is 2.06. The van der Waals surface area contributed by atoms with E-state index in [-0.39, 0.29) is 5.78 Å². The van der Waals surface area contributed by atoms with E-state index in [0.29, 0.717) is 45.8 Å². The zero-order valence-corrected chi connectivity index (χ0v) is 22.7. The fraction of sp³-hybridized carbons (Fsp3) is 0.258. The fourth-order valence-electron chi connectivity index (χ4n) is 5.27. The number of hydrogen-bond donors (Lipinski definition) is 0. The lowest BCUT2D eigenvalue weighted by atomic mass is 9.82. The molecule has 4 aromatic rings. The number of benzene rings is 4. The molecule has 2 atom stereocenters. The Balaban J connectivity index is 1.73. The molecule has 1 aliphatic heterocycles. The van der Waals surface area contributed by atoms with Gasteiger partial charge in [0.2, 0.25) is 17.3 Å². The summed E-state index contributed by atoms with van der Waals surface area (Å²) in [6.45, 7) is 0. The van der Waals surface area contributed by atoms with Gasteiger partial charge in [-0.15, -0.1) is 0 Å². The Bertz CT molecular complexity index is 1490. The van der Waals surface area contributed by atoms with Crippen LogP contribution < -0.4 is 33.2 Å². The molecule has 1 heterocycles. The van der Waals surface area contributed by atoms with Gasteiger partial charge in [0, 0.05) is 11.1 Å². The van der Waals surface area contributed by atoms with Crippen LogP contribution in [0.25, 0.3) is 10.8 Å². The van der Waals surface area contributed by atoms with Gasteiger partial charge in [-0.3, -0.25) is 4.79 Å². The van der Waals surface area contributed by atoms with Crippen LogP contribution in [0.1, 0.15) is 27.4 Å². The number of carbonyl (C=O) groups excluding carboxylic acids is 1. The van der Waals surface area contributed by atoms with Gasteiger partial charge in [0.1, 0.15) is 5.75 Å². The van der Waals surface area contributed by atoms with Crippen molar-refractivity contribution in [2.45, 2.75) is 12.0 Å². The first kappa shape index (κ1) is 26.0. The molecule has 4 aromatic carbocycles. The molecule has 1 aliphatic rings. The van der Waals surface area contributed by atoms with Gasteiger partial charge in [0.25, 0.3) is 0 Å². The first-order chi connectivity index (χ1) is 19.0. The van der Waals surface area contributed by atoms with Crippen molar-refractivity contribution in [2.24, 2.45) is 0 Å². The average molecular weight is 531 g/mol. The van der Waals surface area contributed by atoms with E-state index in [1.807, 2.05) is 48.5 Å². The molecule has 8 heteroatoms. The third-order valence-corrected chi connectivity index (χ3v) is 7.05. The summed E-state index contributed by atoms with van der Waals surface area (Å²) in [5, 5.41) is 2.03. The van der Waals surface area contributed by atoms with Crippen molar-refractivity contribution in [3.63, 3.8) is 0 Å². The summed E-state index contributed by atoms with van der Waals surface area (Å²) >= 11 is 0. The van der Waals surface area contributed by atoms with Crippen LogP contribution in [-0.2, 0) is 0 Å². The topological polar surface area (TPSA) is 81.7 Å². The van der Waals surface area contributed by atoms with Crippen LogP contribution in [0.5, 0.6) is 40.2 Å². The van der Waals surface area contributed by atoms with E-state index in [1.165, 1.54) is 21.3 Å². The Morgan fingerprint density at radius 1 is 0.667 bits per heavy atom. The van der Waals surface area contributed by atoms with Crippen LogP contribution >= 0.6 is 0 Å². The van der Waals surface area contributed by atoms with Crippen LogP contribution in [-0.4, -0.2) is 54.5 Å². The van der Waals surface area contributed by atoms with Gasteiger partial charge in [-0.1, -0.05) is 30.3 Å². The molecule has 0 radical (unpaired) electrons. The van der Waals surface area contributed by atoms with Crippen molar-refractivity contribution in [3.8, 4) is 40.2 Å². The van der Waals surface area contributed by atoms with Crippen molar-refractivity contribution < 1.29 is 38.0 Å². The lowest BCUT2D eigenvalue weighted by Gasteiger charge is -2.22. The van der Waals surface area contributed by atoms with Gasteiger partial charge in [-0.25, -0.2) is 0 Å². The van der Waals surface area contributed by atoms with Crippen molar-refractivity contribution in [2.75, 3.05) is 42.7 Å². The molecule has 39 heavy (non-hydrogen) atoms. The molecule has 0 N–H and O–H groups in total. The number of ether oxygens (including phenoxy) is 7. The second-order valence-electron chi connectivity index (χ2n) is 8.95. The molecule has 2 unspecified atom stereocenters. The Morgan fingerprint density at radius 3 is 1.74 bits per heavy atom. The second kappa shape index (κ2) is 10.6. The number of carbonyl (C=O) groups is 1. The van der Waals surface area contributed by atoms with E-state index in [1.54, 1.807) is 33.5 Å². The Morgan fingerprint density at radius 2 is 1.21 bits per heavy atom. The molecular formula is C31H30O8. The third-order valence-electron chi connectivity index (χ3n) is 7.05. The molecule has 0 aliphatic carbocycles. The first-order valence-corrected chi connectivity index (χ1v) is 12.3. The van der Waals surface area contributed by atoms with Crippen molar-refractivity contribution >= 4 is 16.6 Å². The van der Waals surface area contributed by atoms with Gasteiger partial charge in [0.15, 0.2) is 29.1 Å². The highest BCUT2D eigenvalue weighted by Crippen LogP contribution is 2.50. The third kappa shape index (κ3) is 4.31. The van der Waals surface area contributed by atoms with Crippen molar-refractivity contribution in [1.82, 2.24) is 0 Å². The number of methoxy groups -OCH3 is 6. The molecule has 0 saturated heterocycles. The molecule has 8 nitrogen and oxygen atoms in total. The number of fused-ring (bicyclic) bond motifs is 3. The molecule has 0 saturated carbocycles. The quantitative estimate of drug-likeness (QED) is 0.256. The highest BCUT2D eigenvalue weighted by molar-refractivity contribution is 6.03. The minimum Gasteiger partial charge on any atom is -0.493 e. The van der Waals surface area contributed by atoms with E-state index in [4.69, 9.17) is 33.2 Å². The van der Waals surface area contributed by atoms with E-state index in [9.17, 15) is 4.79 Å². The highest BCUT2D eigenvalue weighted by atomic mass is 16.5. The first-order valence-electron chi connectivity index (χ1n) is 12.3. The summed E-state index contributed by atoms with van der Waals surface area (Å²) < 4.78 is 39.7. The van der Waals surface area contributed by atoms with Crippen LogP contribution in [0.3, 0.4) is 0 Å². The molecule has 0 spiro atoms. The Labute approximate surface area is 226 Å². The number of ketones is 1. The van der Waals surface area contributed by atoms with Crippen LogP contribution in [0.4, 0.5) is 0 Å². The van der Waals surface area contributed by atoms with Gasteiger partial charge >= 0.3 is 0 Å². The van der Waals surface area contributed by atoms with Crippen molar-refractivity contribution in [1.29, 1.82) is 0 Å². The Hall–Kier alpha value is -4.59. The smallest absolute Gasteiger partial charge is 0.204 e. The molecule has 202 valence electrons. The SMILES string of the molecule is COc1cc(C(=O)C2Oc3ccc4ccccc4c3C2c2cc(OC)c(OC)c(OC)c2)cc(OC)c1OC. The minimum absolute atomic E-state index is 0.242. The maximum absolute atomic E-state index is 14.2. The largest absolute Gasteiger partial charge is 0.493 e. The van der Waals surface area contributed by atoms with E-state index < -0.39 is 12.0 Å². The molecular weight excluding hydrogens is 500 g/mol. The lowest BCUT2D eigenvalue weighted by Crippen LogP contribution is -2.30. The second-order valence-corrected chi connectivity index (χ2v) is 8.95. The monoisotopic (exact) mass is 530 g/mol. The molecule has 0 amide bonds. The molecule has 5 rings (SSSR count). The summed E-state index contributed by atoms with van der Waals surface area (Å²) in [7, 11) is 9.22. The number of rotatable bonds is 9. The number of hydrogen-bond acceptors (Lipinski definition) is 8. The zero-order chi connectivity index (χ0) is 27.7. The standard InChI is InChI=1S/C31H30O8/c1-33-22-13-18(14-23(34-2)29(22)37-5)26-27-20-10-8-7-9-17(20)11-12-21(27)39-31(26)28(32)19-15-24(35-3)30(38-6)25(16-19)36-4/h7-16,26,31H,1-6H3. The van der Waals surface area contributed by atoms with E-state index >= 15 is 0 Å². The maximum Gasteiger partial charge on any atom is 0.204 e. The van der Waals surface area contributed by atoms with E-state index in [2.05, 4.69) is 0 Å². The molecule has 0 aromatic heterocycles. The molecule has 0 bridgehead atoms. The van der Waals surface area contributed by atoms with Crippen LogP contribution in [0.2, 0.25) is 0 Å². The van der Waals surface area contributed by atoms with Gasteiger partial charge in [-0.05, 0) is 46.7 Å². The molecule has 0 fully saturated rings. The Kier molecular flexibility index (Phi) is 7.11. The van der Waals surface area contributed by atoms with Crippen LogP contribution in [0, 0.1) is 0 Å². The van der Waals surface area contributed by atoms with Gasteiger partial charge in [-0.2, -0.15) is 0 Å². The highest BCUT2D eigenvalue weighted by Gasteiger charge is 2.43. The predicted octanol–water partition coefficient (Wildman–Crippen LogP) is 5.67. The predicted molar refractivity (Wildman–Crippen MR) is 147 cm³/mol. The summed E-state index contributed by atoms with van der Waals surface area (Å²) in [5.74, 6) is 2.51. The minimum atomic E-state index is -0.892. The average Bonchev–Trinajstić information content (AvgIpc) is 3.39. The van der Waals surface area contributed by atoms with Crippen molar-refractivity contribution in [3.05, 3.63) is 77.4 Å². The normalized spacial score (nSPS) is 15.7.